The second-order valence-electron chi connectivity index (χ2n) is 13.6. The number of nitrogens with two attached hydrogens (primary N) is 1. The van der Waals surface area contributed by atoms with E-state index >= 15 is 0 Å². The van der Waals surface area contributed by atoms with E-state index in [0.717, 1.165) is 104 Å². The molecule has 3 N–H and O–H groups in total. The van der Waals surface area contributed by atoms with Crippen LogP contribution < -0.4 is 11.1 Å². The first-order valence-electron chi connectivity index (χ1n) is 19.2. The van der Waals surface area contributed by atoms with Gasteiger partial charge in [-0.2, -0.15) is 0 Å². The standard InChI is InChI=1S/C37H72N6O5/c1-7-40(8-2)27-33(44)26-32-18-19-35(48-37(47)30-41(9-3)10-4)17-14-13-16-31(24-32)25-34(45)28-42(11-5)22-23-43(12-6)29-36(46)39-21-15-20-38/h31-32,35H,7-30,38H2,1-6H3,(H,39,46)/t31-,32+,35+/m0/s1. The highest BCUT2D eigenvalue weighted by Gasteiger charge is 2.26. The number of hydrogen-bond donors (Lipinski definition) is 2. The smallest absolute Gasteiger partial charge is 0.320 e. The lowest BCUT2D eigenvalue weighted by Crippen LogP contribution is -2.42. The van der Waals surface area contributed by atoms with Crippen LogP contribution in [0.15, 0.2) is 0 Å². The molecule has 1 rings (SSSR count). The van der Waals surface area contributed by atoms with Gasteiger partial charge < -0.3 is 15.8 Å². The van der Waals surface area contributed by atoms with E-state index in [9.17, 15) is 19.2 Å². The van der Waals surface area contributed by atoms with Crippen molar-refractivity contribution < 1.29 is 23.9 Å². The number of hydrogen-bond acceptors (Lipinski definition) is 10. The predicted molar refractivity (Wildman–Crippen MR) is 195 cm³/mol. The van der Waals surface area contributed by atoms with E-state index in [4.69, 9.17) is 10.5 Å². The largest absolute Gasteiger partial charge is 0.461 e. The molecule has 280 valence electrons. The molecule has 1 amide bonds. The molecule has 0 aromatic rings. The third kappa shape index (κ3) is 19.9. The van der Waals surface area contributed by atoms with Gasteiger partial charge in [-0.15, -0.1) is 0 Å². The lowest BCUT2D eigenvalue weighted by atomic mass is 9.80. The molecule has 1 saturated carbocycles. The van der Waals surface area contributed by atoms with Crippen molar-refractivity contribution in [3.8, 4) is 0 Å². The van der Waals surface area contributed by atoms with Crippen molar-refractivity contribution >= 4 is 23.4 Å². The van der Waals surface area contributed by atoms with Crippen LogP contribution in [0.4, 0.5) is 0 Å². The van der Waals surface area contributed by atoms with Gasteiger partial charge in [0, 0.05) is 32.5 Å². The normalized spacial score (nSPS) is 19.2. The van der Waals surface area contributed by atoms with Gasteiger partial charge in [0.2, 0.25) is 5.91 Å². The molecular formula is C37H72N6O5. The maximum Gasteiger partial charge on any atom is 0.320 e. The van der Waals surface area contributed by atoms with E-state index in [1.807, 2.05) is 0 Å². The number of Topliss-reactive ketones (excluding diaryl/α,β-unsaturated/α-hetero) is 2. The zero-order chi connectivity index (χ0) is 35.7. The van der Waals surface area contributed by atoms with Crippen LogP contribution in [-0.4, -0.2) is 141 Å². The molecule has 0 radical (unpaired) electrons. The van der Waals surface area contributed by atoms with Crippen molar-refractivity contribution in [3.05, 3.63) is 0 Å². The molecule has 0 heterocycles. The number of ketones is 2. The second-order valence-corrected chi connectivity index (χ2v) is 13.6. The van der Waals surface area contributed by atoms with Gasteiger partial charge >= 0.3 is 5.97 Å². The van der Waals surface area contributed by atoms with Gasteiger partial charge in [-0.25, -0.2) is 0 Å². The zero-order valence-corrected chi connectivity index (χ0v) is 31.6. The summed E-state index contributed by atoms with van der Waals surface area (Å²) in [4.78, 5) is 60.2. The number of nitrogens with zero attached hydrogens (tertiary/aromatic N) is 4. The van der Waals surface area contributed by atoms with Crippen LogP contribution in [0.5, 0.6) is 0 Å². The van der Waals surface area contributed by atoms with Crippen LogP contribution in [0.25, 0.3) is 0 Å². The molecule has 0 saturated heterocycles. The summed E-state index contributed by atoms with van der Waals surface area (Å²) in [6.07, 6.45) is 7.85. The highest BCUT2D eigenvalue weighted by atomic mass is 16.5. The van der Waals surface area contributed by atoms with Crippen molar-refractivity contribution in [2.75, 3.05) is 91.6 Å². The average molecular weight is 681 g/mol. The van der Waals surface area contributed by atoms with Crippen LogP contribution in [0, 0.1) is 11.8 Å². The van der Waals surface area contributed by atoms with E-state index in [1.54, 1.807) is 0 Å². The molecule has 0 aromatic heterocycles. The highest BCUT2D eigenvalue weighted by molar-refractivity contribution is 5.81. The summed E-state index contributed by atoms with van der Waals surface area (Å²) in [5, 5.41) is 2.92. The van der Waals surface area contributed by atoms with Gasteiger partial charge in [0.25, 0.3) is 0 Å². The minimum absolute atomic E-state index is 0.00895. The Morgan fingerprint density at radius 1 is 0.646 bits per heavy atom. The van der Waals surface area contributed by atoms with Crippen LogP contribution in [-0.2, 0) is 23.9 Å². The van der Waals surface area contributed by atoms with Crippen molar-refractivity contribution in [3.63, 3.8) is 0 Å². The maximum atomic E-state index is 13.5. The van der Waals surface area contributed by atoms with Crippen LogP contribution >= 0.6 is 0 Å². The summed E-state index contributed by atoms with van der Waals surface area (Å²) in [5.74, 6) is 0.767. The summed E-state index contributed by atoms with van der Waals surface area (Å²) < 4.78 is 5.98. The molecule has 1 aliphatic rings. The lowest BCUT2D eigenvalue weighted by molar-refractivity contribution is -0.151. The maximum absolute atomic E-state index is 13.5. The summed E-state index contributed by atoms with van der Waals surface area (Å²) >= 11 is 0. The van der Waals surface area contributed by atoms with E-state index in [0.29, 0.717) is 52.1 Å². The number of carbonyl (C=O) groups excluding carboxylic acids is 4. The average Bonchev–Trinajstić information content (AvgIpc) is 3.07. The quantitative estimate of drug-likeness (QED) is 0.109. The van der Waals surface area contributed by atoms with E-state index in [1.165, 1.54) is 0 Å². The van der Waals surface area contributed by atoms with Gasteiger partial charge in [0.1, 0.15) is 17.7 Å². The van der Waals surface area contributed by atoms with Crippen molar-refractivity contribution in [2.24, 2.45) is 17.6 Å². The first-order valence-corrected chi connectivity index (χ1v) is 19.2. The monoisotopic (exact) mass is 681 g/mol. The Morgan fingerprint density at radius 2 is 1.15 bits per heavy atom. The number of nitrogens with one attached hydrogen (secondary N) is 1. The number of likely N-dealkylation sites (N-methyl/N-ethyl adjacent to an activating group) is 4. The Hall–Kier alpha value is -1.92. The molecular weight excluding hydrogens is 608 g/mol. The number of rotatable bonds is 25. The van der Waals surface area contributed by atoms with Crippen molar-refractivity contribution in [1.29, 1.82) is 0 Å². The molecule has 0 spiro atoms. The fourth-order valence-electron chi connectivity index (χ4n) is 6.71. The third-order valence-corrected chi connectivity index (χ3v) is 9.92. The van der Waals surface area contributed by atoms with Crippen LogP contribution in [0.1, 0.15) is 106 Å². The minimum atomic E-state index is -0.160. The van der Waals surface area contributed by atoms with E-state index in [-0.39, 0.29) is 41.4 Å². The Kier molecular flexibility index (Phi) is 24.7. The summed E-state index contributed by atoms with van der Waals surface area (Å²) in [5.41, 5.74) is 5.53. The topological polar surface area (TPSA) is 129 Å². The predicted octanol–water partition coefficient (Wildman–Crippen LogP) is 3.59. The molecule has 0 aliphatic heterocycles. The fourth-order valence-corrected chi connectivity index (χ4v) is 6.71. The van der Waals surface area contributed by atoms with E-state index < -0.39 is 0 Å². The molecule has 0 unspecified atom stereocenters. The van der Waals surface area contributed by atoms with Crippen molar-refractivity contribution in [1.82, 2.24) is 24.9 Å². The molecule has 1 aliphatic carbocycles. The van der Waals surface area contributed by atoms with Gasteiger partial charge in [0.05, 0.1) is 26.2 Å². The first kappa shape index (κ1) is 44.1. The molecule has 11 nitrogen and oxygen atoms in total. The Balaban J connectivity index is 2.84. The van der Waals surface area contributed by atoms with Gasteiger partial charge in [0.15, 0.2) is 0 Å². The molecule has 48 heavy (non-hydrogen) atoms. The third-order valence-electron chi connectivity index (χ3n) is 9.92. The molecule has 11 heteroatoms. The Labute approximate surface area is 293 Å². The summed E-state index contributed by atoms with van der Waals surface area (Å²) in [6, 6.07) is 0. The van der Waals surface area contributed by atoms with E-state index in [2.05, 4.69) is 66.5 Å². The SMILES string of the molecule is CCN(CC)CC(=O)C[C@@H]1CC[C@H](OC(=O)CN(CC)CC)CCCC[C@H](CC(=O)CN(CC)CCN(CC)CC(=O)NCCCN)C1. The molecule has 1 fully saturated rings. The number of amides is 1. The first-order chi connectivity index (χ1) is 23.1. The number of ether oxygens (including phenoxy) is 1. The second kappa shape index (κ2) is 26.9. The van der Waals surface area contributed by atoms with Crippen molar-refractivity contribution in [2.45, 2.75) is 112 Å². The lowest BCUT2D eigenvalue weighted by Gasteiger charge is -2.29. The van der Waals surface area contributed by atoms with Gasteiger partial charge in [-0.1, -0.05) is 54.4 Å². The number of esters is 1. The van der Waals surface area contributed by atoms with Crippen LogP contribution in [0.3, 0.4) is 0 Å². The summed E-state index contributed by atoms with van der Waals surface area (Å²) in [6.45, 7) is 21.4. The Morgan fingerprint density at radius 3 is 1.71 bits per heavy atom. The highest BCUT2D eigenvalue weighted by Crippen LogP contribution is 2.31. The van der Waals surface area contributed by atoms with Crippen LogP contribution in [0.2, 0.25) is 0 Å². The number of carbonyl (C=O) groups is 4. The minimum Gasteiger partial charge on any atom is -0.461 e. The molecule has 0 aromatic carbocycles. The Bertz CT molecular complexity index is 897. The fraction of sp³-hybridized carbons (Fsp3) is 0.892. The molecule has 0 bridgehead atoms. The zero-order valence-electron chi connectivity index (χ0n) is 31.6. The van der Waals surface area contributed by atoms with Gasteiger partial charge in [-0.05, 0) is 96.2 Å². The van der Waals surface area contributed by atoms with Gasteiger partial charge in [-0.3, -0.25) is 38.8 Å². The molecule has 3 atom stereocenters. The summed E-state index contributed by atoms with van der Waals surface area (Å²) in [7, 11) is 0.